The summed E-state index contributed by atoms with van der Waals surface area (Å²) in [7, 11) is 0. The summed E-state index contributed by atoms with van der Waals surface area (Å²) in [4.78, 5) is 19.3. The molecule has 1 aromatic carbocycles. The summed E-state index contributed by atoms with van der Waals surface area (Å²) in [5.41, 5.74) is 1.24. The number of thiazole rings is 1. The predicted octanol–water partition coefficient (Wildman–Crippen LogP) is 4.36. The molecule has 2 heterocycles. The molecule has 5 heteroatoms. The summed E-state index contributed by atoms with van der Waals surface area (Å²) in [6.07, 6.45) is 2.67. The smallest absolute Gasteiger partial charge is 0.267 e. The van der Waals surface area contributed by atoms with E-state index < -0.39 is 0 Å². The summed E-state index contributed by atoms with van der Waals surface area (Å²) in [5, 5.41) is 3.51. The second-order valence-corrected chi connectivity index (χ2v) is 7.06. The zero-order chi connectivity index (χ0) is 14.7. The highest BCUT2D eigenvalue weighted by Crippen LogP contribution is 2.23. The van der Waals surface area contributed by atoms with Crippen molar-refractivity contribution in [1.29, 1.82) is 0 Å². The predicted molar refractivity (Wildman–Crippen MR) is 88.4 cm³/mol. The van der Waals surface area contributed by atoms with E-state index in [9.17, 15) is 4.79 Å². The van der Waals surface area contributed by atoms with E-state index >= 15 is 0 Å². The third-order valence-electron chi connectivity index (χ3n) is 2.96. The van der Waals surface area contributed by atoms with Gasteiger partial charge in [0.05, 0.1) is 4.88 Å². The highest BCUT2D eigenvalue weighted by atomic mass is 32.1. The van der Waals surface area contributed by atoms with Gasteiger partial charge in [-0.25, -0.2) is 4.98 Å². The molecule has 106 valence electrons. The number of rotatable bonds is 4. The summed E-state index contributed by atoms with van der Waals surface area (Å²) < 4.78 is 0. The van der Waals surface area contributed by atoms with E-state index in [-0.39, 0.29) is 5.91 Å². The van der Waals surface area contributed by atoms with Gasteiger partial charge in [0.1, 0.15) is 0 Å². The van der Waals surface area contributed by atoms with Crippen LogP contribution in [0, 0.1) is 6.92 Å². The number of anilines is 1. The Bertz CT molecular complexity index is 746. The number of nitrogens with zero attached hydrogens (tertiary/aromatic N) is 1. The van der Waals surface area contributed by atoms with Crippen LogP contribution in [-0.4, -0.2) is 10.9 Å². The molecule has 2 aromatic heterocycles. The van der Waals surface area contributed by atoms with Crippen LogP contribution in [0.15, 0.2) is 48.7 Å². The number of benzene rings is 1. The first-order valence-corrected chi connectivity index (χ1v) is 8.20. The van der Waals surface area contributed by atoms with Gasteiger partial charge in [-0.05, 0) is 24.6 Å². The fraction of sp³-hybridized carbons (Fsp3) is 0.125. The van der Waals surface area contributed by atoms with E-state index in [0.717, 1.165) is 16.2 Å². The number of amides is 1. The highest BCUT2D eigenvalue weighted by Gasteiger charge is 2.11. The quantitative estimate of drug-likeness (QED) is 0.777. The third kappa shape index (κ3) is 3.56. The molecule has 0 atom stereocenters. The lowest BCUT2D eigenvalue weighted by molar-refractivity contribution is 0.103. The SMILES string of the molecule is Cc1ccc(C(=O)Nc2ncc(Cc3ccccc3)s2)s1. The maximum atomic E-state index is 12.1. The number of hydrogen-bond donors (Lipinski definition) is 1. The average molecular weight is 314 g/mol. The number of aromatic nitrogens is 1. The monoisotopic (exact) mass is 314 g/mol. The molecule has 3 rings (SSSR count). The lowest BCUT2D eigenvalue weighted by Crippen LogP contribution is -2.09. The Morgan fingerprint density at radius 1 is 1.14 bits per heavy atom. The number of hydrogen-bond acceptors (Lipinski definition) is 4. The largest absolute Gasteiger partial charge is 0.297 e. The van der Waals surface area contributed by atoms with E-state index in [1.807, 2.05) is 43.5 Å². The van der Waals surface area contributed by atoms with Crippen LogP contribution in [0.25, 0.3) is 0 Å². The maximum Gasteiger partial charge on any atom is 0.267 e. The van der Waals surface area contributed by atoms with E-state index in [0.29, 0.717) is 10.0 Å². The molecule has 0 spiro atoms. The fourth-order valence-corrected chi connectivity index (χ4v) is 3.56. The lowest BCUT2D eigenvalue weighted by atomic mass is 10.1. The van der Waals surface area contributed by atoms with Crippen LogP contribution in [0.1, 0.15) is 25.0 Å². The molecule has 3 nitrogen and oxygen atoms in total. The van der Waals surface area contributed by atoms with Crippen LogP contribution in [0.5, 0.6) is 0 Å². The molecule has 0 saturated carbocycles. The van der Waals surface area contributed by atoms with Crippen molar-refractivity contribution in [2.24, 2.45) is 0 Å². The number of thiophene rings is 1. The van der Waals surface area contributed by atoms with Crippen molar-refractivity contribution in [3.05, 3.63) is 68.9 Å². The van der Waals surface area contributed by atoms with Gasteiger partial charge >= 0.3 is 0 Å². The summed E-state index contributed by atoms with van der Waals surface area (Å²) >= 11 is 3.01. The summed E-state index contributed by atoms with van der Waals surface area (Å²) in [5.74, 6) is -0.0892. The van der Waals surface area contributed by atoms with Gasteiger partial charge in [0, 0.05) is 22.4 Å². The Kier molecular flexibility index (Phi) is 4.13. The molecule has 1 amide bonds. The average Bonchev–Trinajstić information content (AvgIpc) is 3.09. The zero-order valence-electron chi connectivity index (χ0n) is 11.5. The lowest BCUT2D eigenvalue weighted by Gasteiger charge is -1.98. The molecular formula is C16H14N2OS2. The van der Waals surface area contributed by atoms with Gasteiger partial charge in [-0.1, -0.05) is 30.3 Å². The Labute approximate surface area is 131 Å². The van der Waals surface area contributed by atoms with E-state index in [1.165, 1.54) is 28.2 Å². The van der Waals surface area contributed by atoms with Gasteiger partial charge in [0.25, 0.3) is 5.91 Å². The number of nitrogens with one attached hydrogen (secondary N) is 1. The van der Waals surface area contributed by atoms with Crippen molar-refractivity contribution in [3.8, 4) is 0 Å². The van der Waals surface area contributed by atoms with Gasteiger partial charge in [0.15, 0.2) is 5.13 Å². The summed E-state index contributed by atoms with van der Waals surface area (Å²) in [6.45, 7) is 1.99. The molecule has 0 fully saturated rings. The maximum absolute atomic E-state index is 12.1. The van der Waals surface area contributed by atoms with Gasteiger partial charge in [-0.2, -0.15) is 0 Å². The van der Waals surface area contributed by atoms with Crippen molar-refractivity contribution >= 4 is 33.7 Å². The van der Waals surface area contributed by atoms with Gasteiger partial charge in [-0.3, -0.25) is 10.1 Å². The van der Waals surface area contributed by atoms with Gasteiger partial charge in [0.2, 0.25) is 0 Å². The number of carbonyl (C=O) groups is 1. The summed E-state index contributed by atoms with van der Waals surface area (Å²) in [6, 6.07) is 14.0. The van der Waals surface area contributed by atoms with E-state index in [1.54, 1.807) is 0 Å². The van der Waals surface area contributed by atoms with Crippen molar-refractivity contribution < 1.29 is 4.79 Å². The zero-order valence-corrected chi connectivity index (χ0v) is 13.1. The van der Waals surface area contributed by atoms with Crippen molar-refractivity contribution in [1.82, 2.24) is 4.98 Å². The molecule has 0 radical (unpaired) electrons. The van der Waals surface area contributed by atoms with Crippen LogP contribution in [-0.2, 0) is 6.42 Å². The number of carbonyl (C=O) groups excluding carboxylic acids is 1. The second kappa shape index (κ2) is 6.20. The molecule has 1 N–H and O–H groups in total. The topological polar surface area (TPSA) is 42.0 Å². The van der Waals surface area contributed by atoms with Gasteiger partial charge < -0.3 is 0 Å². The molecule has 0 unspecified atom stereocenters. The first-order valence-electron chi connectivity index (χ1n) is 6.57. The second-order valence-electron chi connectivity index (χ2n) is 4.66. The highest BCUT2D eigenvalue weighted by molar-refractivity contribution is 7.16. The Morgan fingerprint density at radius 3 is 2.67 bits per heavy atom. The van der Waals surface area contributed by atoms with Gasteiger partial charge in [-0.15, -0.1) is 22.7 Å². The molecule has 0 aliphatic carbocycles. The minimum atomic E-state index is -0.0892. The number of aryl methyl sites for hydroxylation is 1. The molecule has 0 aliphatic rings. The Morgan fingerprint density at radius 2 is 1.95 bits per heavy atom. The Balaban J connectivity index is 1.66. The van der Waals surface area contributed by atoms with Crippen molar-refractivity contribution in [2.45, 2.75) is 13.3 Å². The molecule has 0 bridgehead atoms. The molecule has 0 saturated heterocycles. The molecular weight excluding hydrogens is 300 g/mol. The van der Waals surface area contributed by atoms with Crippen LogP contribution in [0.3, 0.4) is 0 Å². The Hall–Kier alpha value is -1.98. The standard InChI is InChI=1S/C16H14N2OS2/c1-11-7-8-14(20-11)15(19)18-16-17-10-13(21-16)9-12-5-3-2-4-6-12/h2-8,10H,9H2,1H3,(H,17,18,19). The normalized spacial score (nSPS) is 10.5. The van der Waals surface area contributed by atoms with Crippen LogP contribution < -0.4 is 5.32 Å². The fourth-order valence-electron chi connectivity index (χ4n) is 1.96. The molecule has 21 heavy (non-hydrogen) atoms. The van der Waals surface area contributed by atoms with Crippen LogP contribution >= 0.6 is 22.7 Å². The molecule has 3 aromatic rings. The van der Waals surface area contributed by atoms with E-state index in [2.05, 4.69) is 22.4 Å². The molecule has 0 aliphatic heterocycles. The minimum absolute atomic E-state index is 0.0892. The van der Waals surface area contributed by atoms with Crippen LogP contribution in [0.4, 0.5) is 5.13 Å². The first-order chi connectivity index (χ1) is 10.2. The first kappa shape index (κ1) is 14.0. The van der Waals surface area contributed by atoms with E-state index in [4.69, 9.17) is 0 Å². The van der Waals surface area contributed by atoms with Crippen LogP contribution in [0.2, 0.25) is 0 Å². The van der Waals surface area contributed by atoms with Crippen molar-refractivity contribution in [3.63, 3.8) is 0 Å². The minimum Gasteiger partial charge on any atom is -0.297 e. The van der Waals surface area contributed by atoms with Crippen molar-refractivity contribution in [2.75, 3.05) is 5.32 Å². The third-order valence-corrected chi connectivity index (χ3v) is 4.87.